The lowest BCUT2D eigenvalue weighted by molar-refractivity contribution is -0.120. The van der Waals surface area contributed by atoms with Crippen molar-refractivity contribution in [1.29, 1.82) is 0 Å². The maximum Gasteiger partial charge on any atom is 0.224 e. The minimum Gasteiger partial charge on any atom is -0.492 e. The molecule has 3 nitrogen and oxygen atoms in total. The highest BCUT2D eigenvalue weighted by atomic mass is 16.5. The number of amides is 1. The van der Waals surface area contributed by atoms with Crippen molar-refractivity contribution in [2.75, 3.05) is 13.2 Å². The molecule has 134 valence electrons. The van der Waals surface area contributed by atoms with Gasteiger partial charge in [0.1, 0.15) is 12.4 Å². The minimum atomic E-state index is 0.0281. The molecule has 0 bridgehead atoms. The SMILES string of the molecule is Cc1ccc(C)c(CC(=O)NCCOc2ccc(C(C)(C)C)cc2)c1. The fourth-order valence-corrected chi connectivity index (χ4v) is 2.64. The highest BCUT2D eigenvalue weighted by Gasteiger charge is 2.13. The van der Waals surface area contributed by atoms with E-state index < -0.39 is 0 Å². The minimum absolute atomic E-state index is 0.0281. The van der Waals surface area contributed by atoms with E-state index in [9.17, 15) is 4.79 Å². The van der Waals surface area contributed by atoms with E-state index in [-0.39, 0.29) is 11.3 Å². The van der Waals surface area contributed by atoms with Gasteiger partial charge >= 0.3 is 0 Å². The Bertz CT molecular complexity index is 712. The first-order valence-corrected chi connectivity index (χ1v) is 8.82. The van der Waals surface area contributed by atoms with Crippen LogP contribution in [0.1, 0.15) is 43.0 Å². The second-order valence-corrected chi connectivity index (χ2v) is 7.58. The lowest BCUT2D eigenvalue weighted by Crippen LogP contribution is -2.29. The summed E-state index contributed by atoms with van der Waals surface area (Å²) in [5.74, 6) is 0.858. The van der Waals surface area contributed by atoms with Gasteiger partial charge in [-0.15, -0.1) is 0 Å². The Morgan fingerprint density at radius 3 is 2.36 bits per heavy atom. The highest BCUT2D eigenvalue weighted by molar-refractivity contribution is 5.78. The van der Waals surface area contributed by atoms with E-state index in [1.165, 1.54) is 11.1 Å². The summed E-state index contributed by atoms with van der Waals surface area (Å²) >= 11 is 0. The van der Waals surface area contributed by atoms with Crippen LogP contribution in [0.4, 0.5) is 0 Å². The summed E-state index contributed by atoms with van der Waals surface area (Å²) in [6.07, 6.45) is 0.411. The summed E-state index contributed by atoms with van der Waals surface area (Å²) in [5, 5.41) is 2.92. The fraction of sp³-hybridized carbons (Fsp3) is 0.409. The molecule has 0 aliphatic heterocycles. The molecule has 2 aromatic carbocycles. The zero-order valence-corrected chi connectivity index (χ0v) is 16.0. The fourth-order valence-electron chi connectivity index (χ4n) is 2.64. The molecule has 0 aliphatic carbocycles. The molecule has 1 amide bonds. The standard InChI is InChI=1S/C22H29NO2/c1-16-6-7-17(2)18(14-16)15-21(24)23-12-13-25-20-10-8-19(9-11-20)22(3,4)5/h6-11,14H,12-13,15H2,1-5H3,(H,23,24). The molecule has 0 saturated carbocycles. The van der Waals surface area contributed by atoms with Crippen LogP contribution in [-0.4, -0.2) is 19.1 Å². The van der Waals surface area contributed by atoms with E-state index in [4.69, 9.17) is 4.74 Å². The topological polar surface area (TPSA) is 38.3 Å². The number of carbonyl (C=O) groups is 1. The lowest BCUT2D eigenvalue weighted by atomic mass is 9.87. The van der Waals surface area contributed by atoms with Gasteiger partial charge in [0, 0.05) is 0 Å². The third kappa shape index (κ3) is 5.93. The van der Waals surface area contributed by atoms with Crippen LogP contribution >= 0.6 is 0 Å². The van der Waals surface area contributed by atoms with Gasteiger partial charge < -0.3 is 10.1 Å². The maximum absolute atomic E-state index is 12.1. The van der Waals surface area contributed by atoms with E-state index >= 15 is 0 Å². The molecule has 0 fully saturated rings. The summed E-state index contributed by atoms with van der Waals surface area (Å²) < 4.78 is 5.70. The number of nitrogens with one attached hydrogen (secondary N) is 1. The third-order valence-electron chi connectivity index (χ3n) is 4.27. The lowest BCUT2D eigenvalue weighted by Gasteiger charge is -2.19. The quantitative estimate of drug-likeness (QED) is 0.795. The molecular weight excluding hydrogens is 310 g/mol. The third-order valence-corrected chi connectivity index (χ3v) is 4.27. The first kappa shape index (κ1) is 19.0. The molecule has 0 aromatic heterocycles. The van der Waals surface area contributed by atoms with Crippen molar-refractivity contribution in [1.82, 2.24) is 5.32 Å². The molecule has 0 aliphatic rings. The summed E-state index contributed by atoms with van der Waals surface area (Å²) in [7, 11) is 0. The molecule has 0 spiro atoms. The predicted molar refractivity (Wildman–Crippen MR) is 103 cm³/mol. The van der Waals surface area contributed by atoms with Gasteiger partial charge in [0.2, 0.25) is 5.91 Å². The Balaban J connectivity index is 1.75. The maximum atomic E-state index is 12.1. The number of hydrogen-bond acceptors (Lipinski definition) is 2. The Labute approximate surface area is 151 Å². The van der Waals surface area contributed by atoms with Crippen LogP contribution in [-0.2, 0) is 16.6 Å². The number of ether oxygens (including phenoxy) is 1. The zero-order valence-electron chi connectivity index (χ0n) is 16.0. The summed E-state index contributed by atoms with van der Waals surface area (Å²) in [6.45, 7) is 11.6. The molecular formula is C22H29NO2. The van der Waals surface area contributed by atoms with Gasteiger partial charge in [-0.2, -0.15) is 0 Å². The van der Waals surface area contributed by atoms with Gasteiger partial charge in [-0.3, -0.25) is 4.79 Å². The Morgan fingerprint density at radius 1 is 1.04 bits per heavy atom. The monoisotopic (exact) mass is 339 g/mol. The largest absolute Gasteiger partial charge is 0.492 e. The normalized spacial score (nSPS) is 11.2. The Hall–Kier alpha value is -2.29. The van der Waals surface area contributed by atoms with Crippen molar-refractivity contribution in [2.24, 2.45) is 0 Å². The van der Waals surface area contributed by atoms with Crippen LogP contribution in [0, 0.1) is 13.8 Å². The molecule has 0 saturated heterocycles. The van der Waals surface area contributed by atoms with Crippen LogP contribution in [0.15, 0.2) is 42.5 Å². The molecule has 0 heterocycles. The molecule has 3 heteroatoms. The van der Waals surface area contributed by atoms with Crippen molar-refractivity contribution >= 4 is 5.91 Å². The molecule has 1 N–H and O–H groups in total. The van der Waals surface area contributed by atoms with Gasteiger partial charge in [0.25, 0.3) is 0 Å². The van der Waals surface area contributed by atoms with E-state index in [0.717, 1.165) is 16.9 Å². The van der Waals surface area contributed by atoms with Crippen molar-refractivity contribution in [3.05, 3.63) is 64.7 Å². The summed E-state index contributed by atoms with van der Waals surface area (Å²) in [6, 6.07) is 14.3. The summed E-state index contributed by atoms with van der Waals surface area (Å²) in [5.41, 5.74) is 4.82. The number of benzene rings is 2. The van der Waals surface area contributed by atoms with E-state index in [1.54, 1.807) is 0 Å². The van der Waals surface area contributed by atoms with E-state index in [2.05, 4.69) is 56.4 Å². The molecule has 0 radical (unpaired) electrons. The van der Waals surface area contributed by atoms with Gasteiger partial charge in [0.15, 0.2) is 0 Å². The first-order valence-electron chi connectivity index (χ1n) is 8.82. The van der Waals surface area contributed by atoms with Crippen molar-refractivity contribution in [3.63, 3.8) is 0 Å². The molecule has 2 aromatic rings. The second-order valence-electron chi connectivity index (χ2n) is 7.58. The molecule has 0 atom stereocenters. The first-order chi connectivity index (χ1) is 11.8. The number of rotatable bonds is 6. The van der Waals surface area contributed by atoms with Gasteiger partial charge in [-0.1, -0.05) is 56.7 Å². The van der Waals surface area contributed by atoms with Crippen molar-refractivity contribution in [2.45, 2.75) is 46.5 Å². The van der Waals surface area contributed by atoms with Crippen LogP contribution < -0.4 is 10.1 Å². The number of carbonyl (C=O) groups excluding carboxylic acids is 1. The van der Waals surface area contributed by atoms with Gasteiger partial charge in [-0.25, -0.2) is 0 Å². The zero-order chi connectivity index (χ0) is 18.4. The van der Waals surface area contributed by atoms with Crippen LogP contribution in [0.2, 0.25) is 0 Å². The second kappa shape index (κ2) is 8.19. The number of aryl methyl sites for hydroxylation is 2. The van der Waals surface area contributed by atoms with Crippen molar-refractivity contribution in [3.8, 4) is 5.75 Å². The van der Waals surface area contributed by atoms with Crippen LogP contribution in [0.5, 0.6) is 5.75 Å². The predicted octanol–water partition coefficient (Wildman–Crippen LogP) is 4.34. The van der Waals surface area contributed by atoms with E-state index in [1.807, 2.05) is 26.0 Å². The molecule has 0 unspecified atom stereocenters. The molecule has 25 heavy (non-hydrogen) atoms. The van der Waals surface area contributed by atoms with Gasteiger partial charge in [0.05, 0.1) is 13.0 Å². The average molecular weight is 339 g/mol. The summed E-state index contributed by atoms with van der Waals surface area (Å²) in [4.78, 5) is 12.1. The highest BCUT2D eigenvalue weighted by Crippen LogP contribution is 2.24. The Kier molecular flexibility index (Phi) is 6.24. The number of hydrogen-bond donors (Lipinski definition) is 1. The average Bonchev–Trinajstić information content (AvgIpc) is 2.55. The van der Waals surface area contributed by atoms with Crippen molar-refractivity contribution < 1.29 is 9.53 Å². The van der Waals surface area contributed by atoms with E-state index in [0.29, 0.717) is 19.6 Å². The van der Waals surface area contributed by atoms with Gasteiger partial charge in [-0.05, 0) is 48.1 Å². The van der Waals surface area contributed by atoms with Crippen LogP contribution in [0.25, 0.3) is 0 Å². The smallest absolute Gasteiger partial charge is 0.224 e. The Morgan fingerprint density at radius 2 is 1.72 bits per heavy atom. The van der Waals surface area contributed by atoms with Crippen LogP contribution in [0.3, 0.4) is 0 Å². The molecule has 2 rings (SSSR count).